The zero-order valence-electron chi connectivity index (χ0n) is 25.9. The zero-order valence-corrected chi connectivity index (χ0v) is 25.9. The summed E-state index contributed by atoms with van der Waals surface area (Å²) in [7, 11) is 0. The Bertz CT molecular complexity index is 2350. The van der Waals surface area contributed by atoms with Crippen molar-refractivity contribution in [3.05, 3.63) is 191 Å². The molecular weight excluding hydrogens is 571 g/mol. The van der Waals surface area contributed by atoms with E-state index >= 15 is 0 Å². The molecule has 7 aromatic carbocycles. The number of allylic oxidation sites excluding steroid dienone is 1. The lowest BCUT2D eigenvalue weighted by atomic mass is 9.65. The Labute approximate surface area is 274 Å². The highest BCUT2D eigenvalue weighted by Gasteiger charge is 2.52. The van der Waals surface area contributed by atoms with Gasteiger partial charge in [0, 0.05) is 39.0 Å². The van der Waals surface area contributed by atoms with Crippen LogP contribution in [0.25, 0.3) is 28.0 Å². The average Bonchev–Trinajstić information content (AvgIpc) is 3.44. The molecule has 1 aliphatic heterocycles. The minimum absolute atomic E-state index is 0.561. The molecule has 10 rings (SSSR count). The van der Waals surface area contributed by atoms with Crippen molar-refractivity contribution in [2.75, 3.05) is 4.90 Å². The van der Waals surface area contributed by atoms with Gasteiger partial charge in [-0.15, -0.1) is 0 Å². The fourth-order valence-electron chi connectivity index (χ4n) is 8.44. The van der Waals surface area contributed by atoms with Crippen LogP contribution in [0.5, 0.6) is 11.5 Å². The van der Waals surface area contributed by atoms with Crippen LogP contribution in [0.3, 0.4) is 0 Å². The first-order valence-electron chi connectivity index (χ1n) is 16.5. The van der Waals surface area contributed by atoms with E-state index in [-0.39, 0.29) is 0 Å². The Balaban J connectivity index is 1.36. The van der Waals surface area contributed by atoms with Crippen LogP contribution < -0.4 is 9.64 Å². The molecular formula is C45H31NO. The van der Waals surface area contributed by atoms with Crippen molar-refractivity contribution in [2.45, 2.75) is 18.3 Å². The van der Waals surface area contributed by atoms with Gasteiger partial charge in [0.15, 0.2) is 0 Å². The second kappa shape index (κ2) is 10.1. The Hall–Kier alpha value is -5.86. The summed E-state index contributed by atoms with van der Waals surface area (Å²) >= 11 is 0. The molecule has 1 unspecified atom stereocenters. The Morgan fingerprint density at radius 3 is 2.04 bits per heavy atom. The summed E-state index contributed by atoms with van der Waals surface area (Å²) in [5.74, 6) is 1.94. The van der Waals surface area contributed by atoms with E-state index in [1.807, 2.05) is 0 Å². The van der Waals surface area contributed by atoms with Gasteiger partial charge in [-0.3, -0.25) is 0 Å². The molecule has 2 nitrogen and oxygen atoms in total. The molecule has 1 heterocycles. The van der Waals surface area contributed by atoms with Crippen LogP contribution >= 0.6 is 0 Å². The molecule has 0 fully saturated rings. The molecule has 0 aromatic heterocycles. The van der Waals surface area contributed by atoms with Gasteiger partial charge in [-0.1, -0.05) is 133 Å². The van der Waals surface area contributed by atoms with E-state index in [9.17, 15) is 0 Å². The summed E-state index contributed by atoms with van der Waals surface area (Å²) in [5, 5.41) is 2.33. The van der Waals surface area contributed by atoms with E-state index in [1.165, 1.54) is 49.9 Å². The monoisotopic (exact) mass is 601 g/mol. The number of hydrogen-bond donors (Lipinski definition) is 0. The summed E-state index contributed by atoms with van der Waals surface area (Å²) in [6.07, 6.45) is 6.66. The number of fused-ring (bicyclic) bond motifs is 13. The molecule has 0 N–H and O–H groups in total. The first kappa shape index (κ1) is 26.4. The molecule has 0 radical (unpaired) electrons. The van der Waals surface area contributed by atoms with Gasteiger partial charge in [0.25, 0.3) is 0 Å². The maximum atomic E-state index is 7.16. The molecule has 222 valence electrons. The lowest BCUT2D eigenvalue weighted by Gasteiger charge is -2.41. The zero-order chi connectivity index (χ0) is 31.0. The van der Waals surface area contributed by atoms with Gasteiger partial charge in [-0.05, 0) is 70.8 Å². The van der Waals surface area contributed by atoms with Gasteiger partial charge < -0.3 is 9.64 Å². The Morgan fingerprint density at radius 2 is 1.21 bits per heavy atom. The fourth-order valence-corrected chi connectivity index (χ4v) is 8.44. The minimum Gasteiger partial charge on any atom is -0.455 e. The third kappa shape index (κ3) is 3.61. The van der Waals surface area contributed by atoms with Gasteiger partial charge in [0.2, 0.25) is 0 Å². The first-order valence-corrected chi connectivity index (χ1v) is 16.5. The van der Waals surface area contributed by atoms with Gasteiger partial charge in [0.1, 0.15) is 11.5 Å². The van der Waals surface area contributed by atoms with Crippen molar-refractivity contribution in [3.8, 4) is 22.6 Å². The highest BCUT2D eigenvalue weighted by atomic mass is 16.5. The Morgan fingerprint density at radius 1 is 0.532 bits per heavy atom. The van der Waals surface area contributed by atoms with Gasteiger partial charge >= 0.3 is 0 Å². The highest BCUT2D eigenvalue weighted by Crippen LogP contribution is 2.65. The number of hydrogen-bond acceptors (Lipinski definition) is 2. The van der Waals surface area contributed by atoms with E-state index < -0.39 is 5.41 Å². The fraction of sp³-hybridized carbons (Fsp3) is 0.0667. The molecule has 47 heavy (non-hydrogen) atoms. The topological polar surface area (TPSA) is 12.5 Å². The minimum atomic E-state index is -0.561. The summed E-state index contributed by atoms with van der Waals surface area (Å²) in [5.41, 5.74) is 12.9. The summed E-state index contributed by atoms with van der Waals surface area (Å²) in [4.78, 5) is 2.41. The van der Waals surface area contributed by atoms with Gasteiger partial charge in [0.05, 0.1) is 11.1 Å². The van der Waals surface area contributed by atoms with Gasteiger partial charge in [-0.2, -0.15) is 0 Å². The highest BCUT2D eigenvalue weighted by molar-refractivity contribution is 6.01. The maximum Gasteiger partial charge on any atom is 0.140 e. The smallest absolute Gasteiger partial charge is 0.140 e. The van der Waals surface area contributed by atoms with Gasteiger partial charge in [-0.25, -0.2) is 0 Å². The molecule has 2 heteroatoms. The summed E-state index contributed by atoms with van der Waals surface area (Å²) < 4.78 is 7.16. The largest absolute Gasteiger partial charge is 0.455 e. The second-order valence-electron chi connectivity index (χ2n) is 12.7. The molecule has 3 aliphatic rings. The standard InChI is InChI=1S/C45H31NO/c1-3-16-32(17-4-1)46(33-18-5-2-6-19-33)41-25-13-24-38-42(41)36-22-11-12-23-37(36)45(38)39-28-26-30-14-7-9-20-34(30)43(39)47-44-35-21-10-8-15-31(35)27-29-40(44)45/h1-7,9-14,16-29H,8,15H2. The second-order valence-corrected chi connectivity index (χ2v) is 12.7. The molecule has 0 saturated heterocycles. The van der Waals surface area contributed by atoms with Crippen molar-refractivity contribution >= 4 is 33.9 Å². The van der Waals surface area contributed by atoms with Crippen LogP contribution in [0, 0.1) is 0 Å². The third-order valence-corrected chi connectivity index (χ3v) is 10.4. The number of benzene rings is 7. The average molecular weight is 602 g/mol. The van der Waals surface area contributed by atoms with Crippen LogP contribution in [0.2, 0.25) is 0 Å². The van der Waals surface area contributed by atoms with E-state index in [1.54, 1.807) is 0 Å². The number of aryl methyl sites for hydroxylation is 1. The van der Waals surface area contributed by atoms with E-state index in [2.05, 4.69) is 169 Å². The third-order valence-electron chi connectivity index (χ3n) is 10.4. The molecule has 0 amide bonds. The van der Waals surface area contributed by atoms with E-state index in [0.717, 1.165) is 46.8 Å². The van der Waals surface area contributed by atoms with E-state index in [0.29, 0.717) is 0 Å². The number of anilines is 3. The number of para-hydroxylation sites is 2. The predicted molar refractivity (Wildman–Crippen MR) is 193 cm³/mol. The quantitative estimate of drug-likeness (QED) is 0.200. The molecule has 1 atom stereocenters. The van der Waals surface area contributed by atoms with E-state index in [4.69, 9.17) is 4.74 Å². The SMILES string of the molecule is C1=Cc2c(ccc3c2Oc2c(ccc4ccccc24)C32c3ccccc3-c3c(N(c4ccccc4)c4ccccc4)cccc32)CC1. The maximum absolute atomic E-state index is 7.16. The molecule has 1 spiro atoms. The lowest BCUT2D eigenvalue weighted by molar-refractivity contribution is 0.439. The van der Waals surface area contributed by atoms with Crippen molar-refractivity contribution in [3.63, 3.8) is 0 Å². The van der Waals surface area contributed by atoms with Crippen LogP contribution in [-0.4, -0.2) is 0 Å². The molecule has 2 aliphatic carbocycles. The summed E-state index contributed by atoms with van der Waals surface area (Å²) in [6, 6.07) is 55.3. The van der Waals surface area contributed by atoms with Crippen LogP contribution in [0.4, 0.5) is 17.1 Å². The predicted octanol–water partition coefficient (Wildman–Crippen LogP) is 11.7. The lowest BCUT2D eigenvalue weighted by Crippen LogP contribution is -2.33. The number of ether oxygens (including phenoxy) is 1. The summed E-state index contributed by atoms with van der Waals surface area (Å²) in [6.45, 7) is 0. The van der Waals surface area contributed by atoms with Crippen LogP contribution in [0.1, 0.15) is 39.8 Å². The molecule has 0 bridgehead atoms. The van der Waals surface area contributed by atoms with Crippen LogP contribution in [-0.2, 0) is 11.8 Å². The van der Waals surface area contributed by atoms with Crippen molar-refractivity contribution < 1.29 is 4.74 Å². The van der Waals surface area contributed by atoms with Crippen LogP contribution in [0.15, 0.2) is 158 Å². The first-order chi connectivity index (χ1) is 23.3. The van der Waals surface area contributed by atoms with Crippen molar-refractivity contribution in [1.82, 2.24) is 0 Å². The number of nitrogens with zero attached hydrogens (tertiary/aromatic N) is 1. The normalized spacial score (nSPS) is 16.5. The molecule has 7 aromatic rings. The molecule has 0 saturated carbocycles. The number of rotatable bonds is 3. The Kier molecular flexibility index (Phi) is 5.65. The van der Waals surface area contributed by atoms with Crippen molar-refractivity contribution in [1.29, 1.82) is 0 Å². The van der Waals surface area contributed by atoms with Crippen molar-refractivity contribution in [2.24, 2.45) is 0 Å².